The van der Waals surface area contributed by atoms with Gasteiger partial charge >= 0.3 is 5.82 Å². The van der Waals surface area contributed by atoms with Crippen molar-refractivity contribution in [3.63, 3.8) is 0 Å². The molecule has 1 aromatic carbocycles. The van der Waals surface area contributed by atoms with Gasteiger partial charge in [-0.05, 0) is 57.9 Å². The van der Waals surface area contributed by atoms with Crippen molar-refractivity contribution in [1.82, 2.24) is 24.5 Å². The summed E-state index contributed by atoms with van der Waals surface area (Å²) in [4.78, 5) is 14.6. The number of ether oxygens (including phenoxy) is 1. The van der Waals surface area contributed by atoms with Crippen molar-refractivity contribution in [3.8, 4) is 17.0 Å². The van der Waals surface area contributed by atoms with Crippen LogP contribution in [-0.4, -0.2) is 35.6 Å². The molecule has 0 N–H and O–H groups in total. The zero-order valence-corrected chi connectivity index (χ0v) is 22.4. The molecule has 1 unspecified atom stereocenters. The van der Waals surface area contributed by atoms with Gasteiger partial charge in [0.1, 0.15) is 18.1 Å². The highest BCUT2D eigenvalue weighted by Gasteiger charge is 2.24. The number of nitrogens with zero attached hydrogens (tertiary/aromatic N) is 6. The van der Waals surface area contributed by atoms with Crippen molar-refractivity contribution < 1.29 is 18.4 Å². The maximum atomic E-state index is 14.4. The van der Waals surface area contributed by atoms with Crippen LogP contribution < -0.4 is 4.74 Å². The molecular weight excluding hydrogens is 574 g/mol. The fourth-order valence-corrected chi connectivity index (χ4v) is 4.51. The second-order valence-electron chi connectivity index (χ2n) is 8.53. The van der Waals surface area contributed by atoms with Gasteiger partial charge in [-0.2, -0.15) is 10.2 Å². The molecular formula is C24H22BrClF2N6O3. The lowest BCUT2D eigenvalue weighted by Crippen LogP contribution is -2.08. The van der Waals surface area contributed by atoms with Crippen molar-refractivity contribution in [2.45, 2.75) is 39.1 Å². The quantitative estimate of drug-likeness (QED) is 0.168. The number of hydrogen-bond donors (Lipinski definition) is 0. The summed E-state index contributed by atoms with van der Waals surface area (Å²) in [5.41, 5.74) is 3.02. The zero-order valence-electron chi connectivity index (χ0n) is 20.0. The standard InChI is InChI=1S/C24H22BrClF2N6O3/c1-13(27)10-33-12-16(23(26)31-33)6-15-11-32(3)30-22(15)19-5-4-18(28)8-20(19)14(2)37-21-7-17(25)9-29-24(21)34(35)36/h4-5,7-9,11-14H,6,10H2,1-3H3/t13?,14-/m1/s1. The van der Waals surface area contributed by atoms with Crippen molar-refractivity contribution in [3.05, 3.63) is 85.1 Å². The number of nitro groups is 1. The van der Waals surface area contributed by atoms with E-state index < -0.39 is 28.8 Å². The van der Waals surface area contributed by atoms with Crippen LogP contribution in [0.25, 0.3) is 11.3 Å². The Hall–Kier alpha value is -3.38. The molecule has 0 amide bonds. The number of rotatable bonds is 9. The van der Waals surface area contributed by atoms with Crippen LogP contribution in [-0.2, 0) is 20.0 Å². The monoisotopic (exact) mass is 594 g/mol. The van der Waals surface area contributed by atoms with Crippen LogP contribution in [0.15, 0.2) is 47.3 Å². The van der Waals surface area contributed by atoms with Crippen LogP contribution in [0.3, 0.4) is 0 Å². The molecule has 0 radical (unpaired) electrons. The number of benzene rings is 1. The molecule has 0 saturated carbocycles. The fourth-order valence-electron chi connectivity index (χ4n) is 3.98. The normalized spacial score (nSPS) is 12.9. The topological polar surface area (TPSA) is 101 Å². The molecule has 3 aromatic heterocycles. The Morgan fingerprint density at radius 1 is 1.22 bits per heavy atom. The smallest absolute Gasteiger partial charge is 0.406 e. The molecule has 9 nitrogen and oxygen atoms in total. The Morgan fingerprint density at radius 3 is 2.68 bits per heavy atom. The van der Waals surface area contributed by atoms with Crippen molar-refractivity contribution >= 4 is 33.3 Å². The Morgan fingerprint density at radius 2 is 1.97 bits per heavy atom. The third-order valence-electron chi connectivity index (χ3n) is 5.49. The molecule has 0 aliphatic heterocycles. The predicted molar refractivity (Wildman–Crippen MR) is 137 cm³/mol. The highest BCUT2D eigenvalue weighted by atomic mass is 79.9. The van der Waals surface area contributed by atoms with Crippen molar-refractivity contribution in [2.24, 2.45) is 7.05 Å². The highest BCUT2D eigenvalue weighted by Crippen LogP contribution is 2.36. The van der Waals surface area contributed by atoms with Crippen LogP contribution in [0, 0.1) is 15.9 Å². The summed E-state index contributed by atoms with van der Waals surface area (Å²) in [5, 5.41) is 20.4. The Bertz CT molecular complexity index is 1460. The summed E-state index contributed by atoms with van der Waals surface area (Å²) >= 11 is 9.56. The van der Waals surface area contributed by atoms with Crippen LogP contribution in [0.1, 0.15) is 36.6 Å². The molecule has 0 spiro atoms. The number of alkyl halides is 1. The van der Waals surface area contributed by atoms with Gasteiger partial charge in [0.05, 0.1) is 16.7 Å². The molecule has 4 aromatic rings. The average molecular weight is 596 g/mol. The van der Waals surface area contributed by atoms with E-state index in [-0.39, 0.29) is 17.4 Å². The number of halogens is 4. The maximum absolute atomic E-state index is 14.4. The van der Waals surface area contributed by atoms with Gasteiger partial charge in [-0.3, -0.25) is 9.36 Å². The van der Waals surface area contributed by atoms with E-state index in [0.717, 1.165) is 5.56 Å². The van der Waals surface area contributed by atoms with Gasteiger partial charge in [0.15, 0.2) is 11.3 Å². The van der Waals surface area contributed by atoms with Gasteiger partial charge in [0.25, 0.3) is 0 Å². The van der Waals surface area contributed by atoms with Crippen LogP contribution in [0.5, 0.6) is 5.75 Å². The van der Waals surface area contributed by atoms with Gasteiger partial charge in [-0.1, -0.05) is 11.6 Å². The van der Waals surface area contributed by atoms with Gasteiger partial charge in [0.2, 0.25) is 5.75 Å². The van der Waals surface area contributed by atoms with Crippen molar-refractivity contribution in [1.29, 1.82) is 0 Å². The SMILES string of the molecule is CC(F)Cn1cc(Cc2cn(C)nc2-c2ccc(F)cc2[C@@H](C)Oc2cc(Br)cnc2[N+](=O)[O-])c(Cl)n1. The van der Waals surface area contributed by atoms with Gasteiger partial charge in [-0.15, -0.1) is 0 Å². The van der Waals surface area contributed by atoms with E-state index in [2.05, 4.69) is 31.1 Å². The molecule has 37 heavy (non-hydrogen) atoms. The first-order chi connectivity index (χ1) is 17.5. The second-order valence-corrected chi connectivity index (χ2v) is 9.80. The third kappa shape index (κ3) is 6.13. The minimum atomic E-state index is -1.09. The maximum Gasteiger partial charge on any atom is 0.406 e. The Labute approximate surface area is 224 Å². The first-order valence-corrected chi connectivity index (χ1v) is 12.3. The first kappa shape index (κ1) is 26.7. The number of aryl methyl sites for hydroxylation is 1. The molecule has 0 aliphatic rings. The van der Waals surface area contributed by atoms with Gasteiger partial charge < -0.3 is 14.9 Å². The lowest BCUT2D eigenvalue weighted by Gasteiger charge is -2.18. The highest BCUT2D eigenvalue weighted by molar-refractivity contribution is 9.10. The molecule has 2 atom stereocenters. The predicted octanol–water partition coefficient (Wildman–Crippen LogP) is 6.23. The van der Waals surface area contributed by atoms with Crippen LogP contribution in [0.4, 0.5) is 14.6 Å². The zero-order chi connectivity index (χ0) is 26.9. The van der Waals surface area contributed by atoms with E-state index in [1.54, 1.807) is 30.9 Å². The second kappa shape index (κ2) is 10.9. The summed E-state index contributed by atoms with van der Waals surface area (Å²) in [6.45, 7) is 3.17. The Balaban J connectivity index is 1.72. The largest absolute Gasteiger partial charge is 0.478 e. The number of aromatic nitrogens is 5. The third-order valence-corrected chi connectivity index (χ3v) is 6.25. The molecule has 4 rings (SSSR count). The summed E-state index contributed by atoms with van der Waals surface area (Å²) in [5.74, 6) is -1.02. The molecule has 0 bridgehead atoms. The summed E-state index contributed by atoms with van der Waals surface area (Å²) in [6.07, 6.45) is 3.25. The average Bonchev–Trinajstić information content (AvgIpc) is 3.34. The van der Waals surface area contributed by atoms with Crippen LogP contribution in [0.2, 0.25) is 5.15 Å². The van der Waals surface area contributed by atoms with E-state index >= 15 is 0 Å². The summed E-state index contributed by atoms with van der Waals surface area (Å²) in [6, 6.07) is 5.63. The number of hydrogen-bond acceptors (Lipinski definition) is 6. The fraction of sp³-hybridized carbons (Fsp3) is 0.292. The molecule has 0 aliphatic carbocycles. The summed E-state index contributed by atoms with van der Waals surface area (Å²) < 4.78 is 37.3. The lowest BCUT2D eigenvalue weighted by atomic mass is 9.96. The molecule has 194 valence electrons. The molecule has 0 fully saturated rings. The number of pyridine rings is 1. The van der Waals surface area contributed by atoms with Crippen molar-refractivity contribution in [2.75, 3.05) is 0 Å². The Kier molecular flexibility index (Phi) is 7.88. The van der Waals surface area contributed by atoms with E-state index in [1.807, 2.05) is 6.20 Å². The molecule has 3 heterocycles. The van der Waals surface area contributed by atoms with Gasteiger partial charge in [0, 0.05) is 54.2 Å². The van der Waals surface area contributed by atoms with Crippen LogP contribution >= 0.6 is 27.5 Å². The van der Waals surface area contributed by atoms with E-state index in [4.69, 9.17) is 16.3 Å². The van der Waals surface area contributed by atoms with E-state index in [1.165, 1.54) is 36.0 Å². The first-order valence-electron chi connectivity index (χ1n) is 11.2. The molecule has 13 heteroatoms. The summed E-state index contributed by atoms with van der Waals surface area (Å²) in [7, 11) is 1.75. The lowest BCUT2D eigenvalue weighted by molar-refractivity contribution is -0.390. The van der Waals surface area contributed by atoms with E-state index in [0.29, 0.717) is 33.3 Å². The molecule has 0 saturated heterocycles. The minimum Gasteiger partial charge on any atom is -0.478 e. The van der Waals surface area contributed by atoms with Gasteiger partial charge in [-0.25, -0.2) is 8.78 Å². The van der Waals surface area contributed by atoms with E-state index in [9.17, 15) is 18.9 Å². The minimum absolute atomic E-state index is 0.0652.